The molecule has 0 radical (unpaired) electrons. The van der Waals surface area contributed by atoms with Gasteiger partial charge in [-0.1, -0.05) is 64.8 Å². The third-order valence-corrected chi connectivity index (χ3v) is 11.1. The first-order valence-electron chi connectivity index (χ1n) is 12.5. The highest BCUT2D eigenvalue weighted by atomic mass is 16.4. The Hall–Kier alpha value is -1.05. The van der Waals surface area contributed by atoms with Crippen molar-refractivity contribution in [3.8, 4) is 0 Å². The number of hydrogen-bond acceptors (Lipinski definition) is 1. The minimum absolute atomic E-state index is 0.0550. The van der Waals surface area contributed by atoms with Crippen LogP contribution in [0.3, 0.4) is 0 Å². The zero-order valence-electron chi connectivity index (χ0n) is 20.3. The highest BCUT2D eigenvalue weighted by molar-refractivity contribution is 5.66. The normalized spacial score (nSPS) is 50.1. The molecule has 0 aromatic heterocycles. The largest absolute Gasteiger partial charge is 0.481 e. The second kappa shape index (κ2) is 7.24. The SMILES string of the molecule is C=C(C)[C@@H]1CC[C@@H]2C(=CC[C@@]3(C)[C@@H]4CCC(C)C4[C@H](C)C[C@]23C)[C@@]1(C)CCC(=O)O. The highest BCUT2D eigenvalue weighted by Gasteiger charge is 2.65. The summed E-state index contributed by atoms with van der Waals surface area (Å²) in [5.41, 5.74) is 3.49. The number of carboxylic acids is 1. The van der Waals surface area contributed by atoms with Gasteiger partial charge in [0.15, 0.2) is 0 Å². The van der Waals surface area contributed by atoms with Crippen molar-refractivity contribution in [3.05, 3.63) is 23.8 Å². The van der Waals surface area contributed by atoms with Gasteiger partial charge in [-0.15, -0.1) is 0 Å². The van der Waals surface area contributed by atoms with Gasteiger partial charge in [0.2, 0.25) is 0 Å². The second-order valence-electron chi connectivity index (χ2n) is 12.5. The maximum absolute atomic E-state index is 11.5. The molecule has 0 spiro atoms. The van der Waals surface area contributed by atoms with Gasteiger partial charge >= 0.3 is 5.97 Å². The Bertz CT molecular complexity index is 765. The molecule has 9 atom stereocenters. The van der Waals surface area contributed by atoms with Crippen LogP contribution in [0.1, 0.15) is 92.9 Å². The van der Waals surface area contributed by atoms with Gasteiger partial charge in [0.1, 0.15) is 0 Å². The van der Waals surface area contributed by atoms with E-state index in [1.165, 1.54) is 37.7 Å². The van der Waals surface area contributed by atoms with E-state index in [1.807, 2.05) is 0 Å². The first kappa shape index (κ1) is 22.2. The average molecular weight is 413 g/mol. The summed E-state index contributed by atoms with van der Waals surface area (Å²) in [6.07, 6.45) is 11.4. The molecule has 1 N–H and O–H groups in total. The van der Waals surface area contributed by atoms with Crippen molar-refractivity contribution >= 4 is 5.97 Å². The van der Waals surface area contributed by atoms with Crippen LogP contribution in [0.5, 0.6) is 0 Å². The predicted molar refractivity (Wildman–Crippen MR) is 124 cm³/mol. The fraction of sp³-hybridized carbons (Fsp3) is 0.821. The molecule has 0 saturated heterocycles. The quantitative estimate of drug-likeness (QED) is 0.485. The number of hydrogen-bond donors (Lipinski definition) is 1. The van der Waals surface area contributed by atoms with Gasteiger partial charge in [-0.25, -0.2) is 0 Å². The Kier molecular flexibility index (Phi) is 5.35. The lowest BCUT2D eigenvalue weighted by atomic mass is 9.38. The lowest BCUT2D eigenvalue weighted by Crippen LogP contribution is -2.59. The number of carboxylic acid groups (broad SMARTS) is 1. The molecule has 168 valence electrons. The molecular formula is C28H44O2. The van der Waals surface area contributed by atoms with Gasteiger partial charge < -0.3 is 5.11 Å². The van der Waals surface area contributed by atoms with Gasteiger partial charge in [0.05, 0.1) is 0 Å². The zero-order chi connectivity index (χ0) is 22.1. The molecule has 2 unspecified atom stereocenters. The molecule has 3 saturated carbocycles. The molecule has 2 heteroatoms. The minimum atomic E-state index is -0.666. The molecule has 0 aromatic carbocycles. The van der Waals surface area contributed by atoms with Crippen LogP contribution in [-0.4, -0.2) is 11.1 Å². The van der Waals surface area contributed by atoms with Gasteiger partial charge in [0.25, 0.3) is 0 Å². The van der Waals surface area contributed by atoms with E-state index < -0.39 is 5.97 Å². The topological polar surface area (TPSA) is 37.3 Å². The summed E-state index contributed by atoms with van der Waals surface area (Å²) in [5, 5.41) is 9.48. The van der Waals surface area contributed by atoms with Crippen LogP contribution < -0.4 is 0 Å². The maximum atomic E-state index is 11.5. The first-order valence-corrected chi connectivity index (χ1v) is 12.5. The number of rotatable bonds is 4. The van der Waals surface area contributed by atoms with E-state index in [2.05, 4.69) is 54.2 Å². The van der Waals surface area contributed by atoms with Crippen molar-refractivity contribution in [1.82, 2.24) is 0 Å². The van der Waals surface area contributed by atoms with Crippen LogP contribution in [0.4, 0.5) is 0 Å². The van der Waals surface area contributed by atoms with Crippen molar-refractivity contribution in [3.63, 3.8) is 0 Å². The molecule has 0 heterocycles. The summed E-state index contributed by atoms with van der Waals surface area (Å²) >= 11 is 0. The summed E-state index contributed by atoms with van der Waals surface area (Å²) in [5.74, 6) is 3.76. The van der Waals surface area contributed by atoms with E-state index >= 15 is 0 Å². The van der Waals surface area contributed by atoms with Gasteiger partial charge in [-0.2, -0.15) is 0 Å². The van der Waals surface area contributed by atoms with Crippen LogP contribution in [0.2, 0.25) is 0 Å². The molecule has 4 aliphatic rings. The fourth-order valence-electron chi connectivity index (χ4n) is 9.55. The molecule has 4 rings (SSSR count). The van der Waals surface area contributed by atoms with Gasteiger partial charge in [0, 0.05) is 6.42 Å². The molecule has 0 amide bonds. The molecule has 3 fully saturated rings. The molecule has 0 aliphatic heterocycles. The third-order valence-electron chi connectivity index (χ3n) is 11.1. The van der Waals surface area contributed by atoms with Crippen molar-refractivity contribution in [2.45, 2.75) is 92.9 Å². The Morgan fingerprint density at radius 1 is 1.10 bits per heavy atom. The van der Waals surface area contributed by atoms with E-state index in [0.29, 0.717) is 22.7 Å². The molecule has 0 aromatic rings. The second-order valence-corrected chi connectivity index (χ2v) is 12.5. The Balaban J connectivity index is 1.78. The lowest BCUT2D eigenvalue weighted by Gasteiger charge is -2.66. The van der Waals surface area contributed by atoms with Crippen molar-refractivity contribution in [2.24, 2.45) is 51.8 Å². The van der Waals surface area contributed by atoms with Crippen molar-refractivity contribution in [2.75, 3.05) is 0 Å². The van der Waals surface area contributed by atoms with Crippen LogP contribution in [0, 0.1) is 51.8 Å². The van der Waals surface area contributed by atoms with Crippen LogP contribution in [0.15, 0.2) is 23.8 Å². The van der Waals surface area contributed by atoms with E-state index in [-0.39, 0.29) is 11.8 Å². The predicted octanol–water partition coefficient (Wildman–Crippen LogP) is 7.50. The van der Waals surface area contributed by atoms with Gasteiger partial charge in [-0.3, -0.25) is 4.79 Å². The standard InChI is InChI=1S/C28H44O2/c1-17(2)20-10-11-22-21(26(20,5)14-13-24(29)30)12-15-27(6)23-9-8-18(3)25(23)19(4)16-28(22,27)7/h12,18-20,22-23,25H,1,8-11,13-16H2,2-7H3,(H,29,30)/t18?,19-,20+,22-,23-,25?,26+,27+,28-/m1/s1. The molecular weight excluding hydrogens is 368 g/mol. The van der Waals surface area contributed by atoms with E-state index in [1.54, 1.807) is 5.57 Å². The first-order chi connectivity index (χ1) is 14.0. The lowest BCUT2D eigenvalue weighted by molar-refractivity contribution is -0.140. The van der Waals surface area contributed by atoms with Crippen LogP contribution >= 0.6 is 0 Å². The summed E-state index contributed by atoms with van der Waals surface area (Å²) < 4.78 is 0. The third kappa shape index (κ3) is 2.91. The summed E-state index contributed by atoms with van der Waals surface area (Å²) in [6.45, 7) is 19.1. The van der Waals surface area contributed by atoms with Gasteiger partial charge in [-0.05, 0) is 97.2 Å². The Morgan fingerprint density at radius 2 is 1.80 bits per heavy atom. The Morgan fingerprint density at radius 3 is 2.43 bits per heavy atom. The molecule has 0 bridgehead atoms. The zero-order valence-corrected chi connectivity index (χ0v) is 20.3. The Labute approximate surface area is 184 Å². The number of fused-ring (bicyclic) bond motifs is 5. The van der Waals surface area contributed by atoms with Crippen LogP contribution in [-0.2, 0) is 4.79 Å². The average Bonchev–Trinajstić information content (AvgIpc) is 3.05. The molecule has 30 heavy (non-hydrogen) atoms. The summed E-state index contributed by atoms with van der Waals surface area (Å²) in [4.78, 5) is 11.5. The van der Waals surface area contributed by atoms with Crippen molar-refractivity contribution < 1.29 is 9.90 Å². The maximum Gasteiger partial charge on any atom is 0.303 e. The van der Waals surface area contributed by atoms with E-state index in [4.69, 9.17) is 0 Å². The molecule has 4 aliphatic carbocycles. The highest BCUT2D eigenvalue weighted by Crippen LogP contribution is 2.73. The van der Waals surface area contributed by atoms with Crippen molar-refractivity contribution in [1.29, 1.82) is 0 Å². The smallest absolute Gasteiger partial charge is 0.303 e. The number of aliphatic carboxylic acids is 1. The van der Waals surface area contributed by atoms with E-state index in [9.17, 15) is 9.90 Å². The van der Waals surface area contributed by atoms with E-state index in [0.717, 1.165) is 36.5 Å². The summed E-state index contributed by atoms with van der Waals surface area (Å²) in [6, 6.07) is 0. The minimum Gasteiger partial charge on any atom is -0.481 e. The van der Waals surface area contributed by atoms with Crippen LogP contribution in [0.25, 0.3) is 0 Å². The number of carbonyl (C=O) groups is 1. The molecule has 2 nitrogen and oxygen atoms in total. The monoisotopic (exact) mass is 412 g/mol. The fourth-order valence-corrected chi connectivity index (χ4v) is 9.55. The summed E-state index contributed by atoms with van der Waals surface area (Å²) in [7, 11) is 0. The number of allylic oxidation sites excluding steroid dienone is 3.